The number of barbiturate groups is 1. The van der Waals surface area contributed by atoms with Gasteiger partial charge in [-0.3, -0.25) is 35.1 Å². The third-order valence-corrected chi connectivity index (χ3v) is 5.77. The number of benzene rings is 3. The van der Waals surface area contributed by atoms with Crippen LogP contribution < -0.4 is 15.0 Å². The van der Waals surface area contributed by atoms with Gasteiger partial charge in [0.25, 0.3) is 23.2 Å². The molecule has 3 aromatic rings. The van der Waals surface area contributed by atoms with Crippen molar-refractivity contribution in [2.75, 3.05) is 4.90 Å². The van der Waals surface area contributed by atoms with Gasteiger partial charge in [0.05, 0.1) is 20.6 Å². The molecule has 0 saturated carbocycles. The number of hydrogen-bond donors (Lipinski definition) is 1. The highest BCUT2D eigenvalue weighted by molar-refractivity contribution is 6.40. The normalized spacial score (nSPS) is 14.4. The summed E-state index contributed by atoms with van der Waals surface area (Å²) in [6, 6.07) is 12.0. The minimum absolute atomic E-state index is 0.0429. The van der Waals surface area contributed by atoms with E-state index in [0.29, 0.717) is 10.5 Å². The van der Waals surface area contributed by atoms with Gasteiger partial charge in [0.2, 0.25) is 0 Å². The van der Waals surface area contributed by atoms with Crippen molar-refractivity contribution in [3.63, 3.8) is 0 Å². The SMILES string of the molecule is O=C1NC(=O)N(c2cccc([N+](=O)[O-])c2)C(=O)/C1=C/c1cc(Cl)cc(Cl)c1OCc1ccc([N+](=O)[O-])cc1. The van der Waals surface area contributed by atoms with E-state index in [0.717, 1.165) is 12.1 Å². The van der Waals surface area contributed by atoms with Crippen molar-refractivity contribution in [3.05, 3.63) is 108 Å². The molecule has 0 radical (unpaired) electrons. The molecular formula is C24H14Cl2N4O8. The molecule has 1 heterocycles. The monoisotopic (exact) mass is 556 g/mol. The van der Waals surface area contributed by atoms with E-state index in [-0.39, 0.29) is 45.0 Å². The Balaban J connectivity index is 1.69. The zero-order valence-electron chi connectivity index (χ0n) is 18.9. The lowest BCUT2D eigenvalue weighted by Gasteiger charge is -2.26. The van der Waals surface area contributed by atoms with Crippen molar-refractivity contribution in [2.24, 2.45) is 0 Å². The van der Waals surface area contributed by atoms with E-state index in [2.05, 4.69) is 0 Å². The van der Waals surface area contributed by atoms with Crippen molar-refractivity contribution < 1.29 is 29.0 Å². The highest BCUT2D eigenvalue weighted by Gasteiger charge is 2.37. The van der Waals surface area contributed by atoms with E-state index in [4.69, 9.17) is 27.9 Å². The first-order valence-corrected chi connectivity index (χ1v) is 11.3. The summed E-state index contributed by atoms with van der Waals surface area (Å²) in [5.41, 5.74) is -0.402. The summed E-state index contributed by atoms with van der Waals surface area (Å²) in [5, 5.41) is 24.2. The van der Waals surface area contributed by atoms with Crippen LogP contribution >= 0.6 is 23.2 Å². The first-order valence-electron chi connectivity index (χ1n) is 10.6. The van der Waals surface area contributed by atoms with E-state index >= 15 is 0 Å². The van der Waals surface area contributed by atoms with Crippen molar-refractivity contribution in [3.8, 4) is 5.75 Å². The number of urea groups is 1. The molecule has 1 fully saturated rings. The number of nitro groups is 2. The van der Waals surface area contributed by atoms with Crippen LogP contribution in [-0.2, 0) is 16.2 Å². The first kappa shape index (κ1) is 26.3. The molecule has 0 spiro atoms. The molecule has 1 N–H and O–H groups in total. The Morgan fingerprint density at radius 1 is 0.921 bits per heavy atom. The van der Waals surface area contributed by atoms with Gasteiger partial charge in [-0.05, 0) is 42.0 Å². The van der Waals surface area contributed by atoms with Gasteiger partial charge in [-0.2, -0.15) is 0 Å². The Labute approximate surface area is 223 Å². The number of anilines is 1. The number of nitrogens with zero attached hydrogens (tertiary/aromatic N) is 3. The van der Waals surface area contributed by atoms with Crippen LogP contribution in [0.3, 0.4) is 0 Å². The maximum Gasteiger partial charge on any atom is 0.335 e. The largest absolute Gasteiger partial charge is 0.487 e. The smallest absolute Gasteiger partial charge is 0.335 e. The zero-order chi connectivity index (χ0) is 27.6. The Morgan fingerprint density at radius 3 is 2.26 bits per heavy atom. The molecule has 12 nitrogen and oxygen atoms in total. The summed E-state index contributed by atoms with van der Waals surface area (Å²) in [5.74, 6) is -2.02. The summed E-state index contributed by atoms with van der Waals surface area (Å²) in [7, 11) is 0. The van der Waals surface area contributed by atoms with Crippen molar-refractivity contribution in [1.82, 2.24) is 5.32 Å². The number of halogens is 2. The number of amides is 4. The van der Waals surface area contributed by atoms with Crippen LogP contribution in [-0.4, -0.2) is 27.7 Å². The number of ether oxygens (including phenoxy) is 1. The highest BCUT2D eigenvalue weighted by Crippen LogP contribution is 2.35. The van der Waals surface area contributed by atoms with Crippen molar-refractivity contribution in [2.45, 2.75) is 6.61 Å². The van der Waals surface area contributed by atoms with Gasteiger partial charge >= 0.3 is 6.03 Å². The molecule has 192 valence electrons. The molecule has 1 aliphatic rings. The Morgan fingerprint density at radius 2 is 1.61 bits per heavy atom. The number of non-ortho nitro benzene ring substituents is 2. The number of nitro benzene ring substituents is 2. The van der Waals surface area contributed by atoms with Crippen LogP contribution in [0.4, 0.5) is 21.9 Å². The second-order valence-electron chi connectivity index (χ2n) is 7.75. The molecule has 0 unspecified atom stereocenters. The zero-order valence-corrected chi connectivity index (χ0v) is 20.4. The minimum atomic E-state index is -1.09. The summed E-state index contributed by atoms with van der Waals surface area (Å²) in [6.07, 6.45) is 1.12. The molecule has 0 aromatic heterocycles. The molecule has 0 atom stereocenters. The molecule has 0 aliphatic carbocycles. The molecule has 1 saturated heterocycles. The molecule has 4 rings (SSSR count). The Hall–Kier alpha value is -4.81. The number of imide groups is 2. The van der Waals surface area contributed by atoms with Crippen LogP contribution in [0.5, 0.6) is 5.75 Å². The van der Waals surface area contributed by atoms with E-state index in [1.807, 2.05) is 5.32 Å². The van der Waals surface area contributed by atoms with E-state index in [9.17, 15) is 34.6 Å². The number of rotatable bonds is 7. The van der Waals surface area contributed by atoms with E-state index in [1.165, 1.54) is 54.6 Å². The van der Waals surface area contributed by atoms with Crippen LogP contribution in [0.1, 0.15) is 11.1 Å². The molecule has 1 aliphatic heterocycles. The van der Waals surface area contributed by atoms with Gasteiger partial charge in [-0.15, -0.1) is 0 Å². The second kappa shape index (κ2) is 10.7. The van der Waals surface area contributed by atoms with Crippen LogP contribution in [0, 0.1) is 20.2 Å². The van der Waals surface area contributed by atoms with Crippen LogP contribution in [0.2, 0.25) is 10.0 Å². The fourth-order valence-corrected chi connectivity index (χ4v) is 4.07. The lowest BCUT2D eigenvalue weighted by Crippen LogP contribution is -2.54. The van der Waals surface area contributed by atoms with Crippen LogP contribution in [0.25, 0.3) is 6.08 Å². The standard InChI is InChI=1S/C24H14Cl2N4O8/c25-15-8-14(21(20(26)10-15)38-12-13-4-6-16(7-5-13)29(34)35)9-19-22(31)27-24(33)28(23(19)32)17-2-1-3-18(11-17)30(36)37/h1-11H,12H2,(H,27,31,33)/b19-9+. The van der Waals surface area contributed by atoms with E-state index in [1.54, 1.807) is 0 Å². The highest BCUT2D eigenvalue weighted by atomic mass is 35.5. The van der Waals surface area contributed by atoms with Gasteiger partial charge in [0.1, 0.15) is 17.9 Å². The average molecular weight is 557 g/mol. The van der Waals surface area contributed by atoms with E-state index < -0.39 is 33.3 Å². The van der Waals surface area contributed by atoms with Crippen molar-refractivity contribution in [1.29, 1.82) is 0 Å². The van der Waals surface area contributed by atoms with Crippen LogP contribution in [0.15, 0.2) is 66.2 Å². The third kappa shape index (κ3) is 5.45. The Bertz CT molecular complexity index is 1540. The summed E-state index contributed by atoms with van der Waals surface area (Å²) in [6.45, 7) is -0.0754. The summed E-state index contributed by atoms with van der Waals surface area (Å²) >= 11 is 12.4. The van der Waals surface area contributed by atoms with Gasteiger partial charge in [0, 0.05) is 34.9 Å². The van der Waals surface area contributed by atoms with Crippen molar-refractivity contribution >= 4 is 64.2 Å². The minimum Gasteiger partial charge on any atom is -0.487 e. The lowest BCUT2D eigenvalue weighted by molar-refractivity contribution is -0.385. The maximum absolute atomic E-state index is 13.2. The quantitative estimate of drug-likeness (QED) is 0.183. The predicted octanol–water partition coefficient (Wildman–Crippen LogP) is 5.06. The third-order valence-electron chi connectivity index (χ3n) is 5.27. The topological polar surface area (TPSA) is 162 Å². The Kier molecular flexibility index (Phi) is 7.37. The maximum atomic E-state index is 13.2. The van der Waals surface area contributed by atoms with Gasteiger partial charge in [0.15, 0.2) is 0 Å². The number of carbonyl (C=O) groups excluding carboxylic acids is 3. The van der Waals surface area contributed by atoms with Gasteiger partial charge < -0.3 is 4.74 Å². The number of hydrogen-bond acceptors (Lipinski definition) is 8. The first-order chi connectivity index (χ1) is 18.0. The molecule has 3 aromatic carbocycles. The predicted molar refractivity (Wildman–Crippen MR) is 136 cm³/mol. The van der Waals surface area contributed by atoms with Gasteiger partial charge in [-0.1, -0.05) is 29.3 Å². The summed E-state index contributed by atoms with van der Waals surface area (Å²) in [4.78, 5) is 59.6. The molecule has 38 heavy (non-hydrogen) atoms. The molecule has 4 amide bonds. The number of nitrogens with one attached hydrogen (secondary N) is 1. The molecular weight excluding hydrogens is 543 g/mol. The summed E-state index contributed by atoms with van der Waals surface area (Å²) < 4.78 is 5.79. The molecule has 14 heteroatoms. The fourth-order valence-electron chi connectivity index (χ4n) is 3.50. The average Bonchev–Trinajstić information content (AvgIpc) is 2.86. The molecule has 0 bridgehead atoms. The fraction of sp³-hybridized carbons (Fsp3) is 0.0417. The second-order valence-corrected chi connectivity index (χ2v) is 8.60. The van der Waals surface area contributed by atoms with Gasteiger partial charge in [-0.25, -0.2) is 9.69 Å². The number of carbonyl (C=O) groups is 3. The lowest BCUT2D eigenvalue weighted by atomic mass is 10.1.